The highest BCUT2D eigenvalue weighted by molar-refractivity contribution is 5.62. The number of rotatable bonds is 7. The summed E-state index contributed by atoms with van der Waals surface area (Å²) in [5, 5.41) is 18.5. The third-order valence-electron chi connectivity index (χ3n) is 3.59. The van der Waals surface area contributed by atoms with Crippen molar-refractivity contribution in [2.24, 2.45) is 0 Å². The Kier molecular flexibility index (Phi) is 5.41. The average molecular weight is 368 g/mol. The van der Waals surface area contributed by atoms with Crippen molar-refractivity contribution in [3.8, 4) is 17.2 Å². The highest BCUT2D eigenvalue weighted by Gasteiger charge is 2.09. The number of phenolic OH excluding ortho intramolecular Hbond substituents is 1. The number of nitrogens with one attached hydrogen (secondary N) is 3. The molecule has 0 atom stereocenters. The number of aromatic nitrogens is 3. The van der Waals surface area contributed by atoms with Gasteiger partial charge in [0, 0.05) is 36.6 Å². The van der Waals surface area contributed by atoms with E-state index in [-0.39, 0.29) is 5.75 Å². The highest BCUT2D eigenvalue weighted by atomic mass is 16.5. The monoisotopic (exact) mass is 368 g/mol. The molecule has 140 valence electrons. The molecule has 0 spiro atoms. The zero-order valence-corrected chi connectivity index (χ0v) is 15.1. The fourth-order valence-corrected chi connectivity index (χ4v) is 2.28. The quantitative estimate of drug-likeness (QED) is 0.467. The molecule has 9 heteroatoms. The Balaban J connectivity index is 1.88. The van der Waals surface area contributed by atoms with E-state index < -0.39 is 0 Å². The molecule has 0 aliphatic heterocycles. The minimum Gasteiger partial charge on any atom is -0.508 e. The van der Waals surface area contributed by atoms with E-state index in [9.17, 15) is 5.11 Å². The zero-order chi connectivity index (χ0) is 19.2. The van der Waals surface area contributed by atoms with Crippen molar-refractivity contribution in [3.05, 3.63) is 42.5 Å². The van der Waals surface area contributed by atoms with Crippen LogP contribution >= 0.6 is 0 Å². The molecule has 0 saturated heterocycles. The van der Waals surface area contributed by atoms with Crippen LogP contribution in [0.1, 0.15) is 0 Å². The van der Waals surface area contributed by atoms with E-state index in [2.05, 4.69) is 30.9 Å². The molecular formula is C18H20N6O3. The molecule has 0 amide bonds. The van der Waals surface area contributed by atoms with Gasteiger partial charge in [0.15, 0.2) is 0 Å². The first-order valence-corrected chi connectivity index (χ1v) is 8.09. The molecule has 1 heterocycles. The first-order valence-electron chi connectivity index (χ1n) is 8.09. The first kappa shape index (κ1) is 18.1. The van der Waals surface area contributed by atoms with E-state index in [1.54, 1.807) is 63.7 Å². The summed E-state index contributed by atoms with van der Waals surface area (Å²) in [5.41, 5.74) is 1.44. The maximum Gasteiger partial charge on any atom is 0.233 e. The molecule has 0 saturated carbocycles. The van der Waals surface area contributed by atoms with Crippen LogP contribution in [0.3, 0.4) is 0 Å². The highest BCUT2D eigenvalue weighted by Crippen LogP contribution is 2.28. The van der Waals surface area contributed by atoms with Crippen LogP contribution in [-0.2, 0) is 0 Å². The predicted molar refractivity (Wildman–Crippen MR) is 104 cm³/mol. The number of nitrogens with zero attached hydrogens (tertiary/aromatic N) is 3. The van der Waals surface area contributed by atoms with Gasteiger partial charge in [-0.05, 0) is 24.3 Å². The summed E-state index contributed by atoms with van der Waals surface area (Å²) in [6.07, 6.45) is 0. The van der Waals surface area contributed by atoms with Gasteiger partial charge in [-0.25, -0.2) is 0 Å². The molecule has 0 fully saturated rings. The second-order valence-corrected chi connectivity index (χ2v) is 5.45. The molecule has 4 N–H and O–H groups in total. The van der Waals surface area contributed by atoms with Crippen molar-refractivity contribution in [1.29, 1.82) is 0 Å². The summed E-state index contributed by atoms with van der Waals surface area (Å²) >= 11 is 0. The molecule has 0 bridgehead atoms. The lowest BCUT2D eigenvalue weighted by Crippen LogP contribution is -2.07. The van der Waals surface area contributed by atoms with Gasteiger partial charge in [0.2, 0.25) is 17.8 Å². The standard InChI is InChI=1S/C18H20N6O3/c1-19-16-22-17(20-11-4-6-13(25)7-5-11)24-18(23-16)21-12-8-14(26-2)10-15(9-12)27-3/h4-10,25H,1-3H3,(H3,19,20,21,22,23,24). The molecule has 0 radical (unpaired) electrons. The van der Waals surface area contributed by atoms with Crippen molar-refractivity contribution < 1.29 is 14.6 Å². The van der Waals surface area contributed by atoms with E-state index in [1.807, 2.05) is 0 Å². The zero-order valence-electron chi connectivity index (χ0n) is 15.1. The number of hydrogen-bond donors (Lipinski definition) is 4. The van der Waals surface area contributed by atoms with Crippen LogP contribution in [0, 0.1) is 0 Å². The summed E-state index contributed by atoms with van der Waals surface area (Å²) < 4.78 is 10.5. The lowest BCUT2D eigenvalue weighted by molar-refractivity contribution is 0.395. The lowest BCUT2D eigenvalue weighted by atomic mass is 10.3. The number of benzene rings is 2. The molecule has 0 aliphatic rings. The third-order valence-corrected chi connectivity index (χ3v) is 3.59. The van der Waals surface area contributed by atoms with Gasteiger partial charge < -0.3 is 30.5 Å². The fourth-order valence-electron chi connectivity index (χ4n) is 2.28. The van der Waals surface area contributed by atoms with Crippen molar-refractivity contribution in [2.75, 3.05) is 37.2 Å². The third kappa shape index (κ3) is 4.66. The molecule has 2 aromatic carbocycles. The Hall–Kier alpha value is -3.75. The summed E-state index contributed by atoms with van der Waals surface area (Å²) in [5.74, 6) is 2.54. The molecule has 1 aromatic heterocycles. The Labute approximate surface area is 156 Å². The largest absolute Gasteiger partial charge is 0.508 e. The minimum atomic E-state index is 0.182. The van der Waals surface area contributed by atoms with Crippen LogP contribution < -0.4 is 25.4 Å². The molecule has 3 aromatic rings. The summed E-state index contributed by atoms with van der Waals surface area (Å²) in [7, 11) is 4.89. The van der Waals surface area contributed by atoms with Crippen LogP contribution in [0.25, 0.3) is 0 Å². The first-order chi connectivity index (χ1) is 13.1. The number of hydrogen-bond acceptors (Lipinski definition) is 9. The van der Waals surface area contributed by atoms with E-state index in [0.29, 0.717) is 35.0 Å². The normalized spacial score (nSPS) is 10.2. The topological polar surface area (TPSA) is 113 Å². The number of aromatic hydroxyl groups is 1. The lowest BCUT2D eigenvalue weighted by Gasteiger charge is -2.12. The van der Waals surface area contributed by atoms with Gasteiger partial charge in [0.1, 0.15) is 17.2 Å². The Morgan fingerprint density at radius 2 is 1.26 bits per heavy atom. The second kappa shape index (κ2) is 8.09. The number of methoxy groups -OCH3 is 2. The van der Waals surface area contributed by atoms with Crippen LogP contribution in [0.4, 0.5) is 29.2 Å². The predicted octanol–water partition coefficient (Wildman–Crippen LogP) is 3.12. The average Bonchev–Trinajstić information content (AvgIpc) is 2.69. The molecule has 27 heavy (non-hydrogen) atoms. The van der Waals surface area contributed by atoms with Crippen molar-refractivity contribution in [1.82, 2.24) is 15.0 Å². The Morgan fingerprint density at radius 3 is 1.78 bits per heavy atom. The minimum absolute atomic E-state index is 0.182. The van der Waals surface area contributed by atoms with Gasteiger partial charge in [-0.2, -0.15) is 15.0 Å². The summed E-state index contributed by atoms with van der Waals surface area (Å²) in [6, 6.07) is 12.0. The Morgan fingerprint density at radius 1 is 0.741 bits per heavy atom. The maximum absolute atomic E-state index is 9.39. The summed E-state index contributed by atoms with van der Waals surface area (Å²) in [6.45, 7) is 0. The Bertz CT molecular complexity index is 895. The van der Waals surface area contributed by atoms with E-state index in [4.69, 9.17) is 9.47 Å². The number of anilines is 5. The van der Waals surface area contributed by atoms with Crippen LogP contribution in [0.5, 0.6) is 17.2 Å². The van der Waals surface area contributed by atoms with Crippen molar-refractivity contribution >= 4 is 29.2 Å². The second-order valence-electron chi connectivity index (χ2n) is 5.45. The van der Waals surface area contributed by atoms with Crippen LogP contribution in [0.2, 0.25) is 0 Å². The van der Waals surface area contributed by atoms with Crippen molar-refractivity contribution in [2.45, 2.75) is 0 Å². The van der Waals surface area contributed by atoms with Crippen molar-refractivity contribution in [3.63, 3.8) is 0 Å². The van der Waals surface area contributed by atoms with E-state index in [0.717, 1.165) is 5.69 Å². The number of ether oxygens (including phenoxy) is 2. The number of phenols is 1. The smallest absolute Gasteiger partial charge is 0.233 e. The van der Waals surface area contributed by atoms with E-state index in [1.165, 1.54) is 0 Å². The van der Waals surface area contributed by atoms with Crippen LogP contribution in [0.15, 0.2) is 42.5 Å². The molecule has 3 rings (SSSR count). The molecule has 0 aliphatic carbocycles. The van der Waals surface area contributed by atoms with Gasteiger partial charge in [0.05, 0.1) is 14.2 Å². The molecule has 9 nitrogen and oxygen atoms in total. The van der Waals surface area contributed by atoms with Gasteiger partial charge in [0.25, 0.3) is 0 Å². The molecular weight excluding hydrogens is 348 g/mol. The van der Waals surface area contributed by atoms with Crippen LogP contribution in [-0.4, -0.2) is 41.3 Å². The molecule has 0 unspecified atom stereocenters. The maximum atomic E-state index is 9.39. The van der Waals surface area contributed by atoms with Gasteiger partial charge in [-0.1, -0.05) is 0 Å². The SMILES string of the molecule is CNc1nc(Nc2ccc(O)cc2)nc(Nc2cc(OC)cc(OC)c2)n1. The van der Waals surface area contributed by atoms with Gasteiger partial charge in [-0.15, -0.1) is 0 Å². The van der Waals surface area contributed by atoms with Gasteiger partial charge >= 0.3 is 0 Å². The van der Waals surface area contributed by atoms with E-state index >= 15 is 0 Å². The fraction of sp³-hybridized carbons (Fsp3) is 0.167. The summed E-state index contributed by atoms with van der Waals surface area (Å²) in [4.78, 5) is 13.0. The van der Waals surface area contributed by atoms with Gasteiger partial charge in [-0.3, -0.25) is 0 Å².